The monoisotopic (exact) mass is 404 g/mol. The highest BCUT2D eigenvalue weighted by molar-refractivity contribution is 6.45. The molecular weight excluding hydrogens is 376 g/mol. The first-order chi connectivity index (χ1) is 14.6. The number of rotatable bonds is 6. The van der Waals surface area contributed by atoms with Gasteiger partial charge in [0.15, 0.2) is 0 Å². The Morgan fingerprint density at radius 1 is 0.933 bits per heavy atom. The number of carbonyl (C=O) groups is 2. The fraction of sp³-hybridized carbons (Fsp3) is 0.333. The van der Waals surface area contributed by atoms with Crippen LogP contribution in [0.25, 0.3) is 10.9 Å². The van der Waals surface area contributed by atoms with Crippen LogP contribution in [0.15, 0.2) is 54.6 Å². The predicted molar refractivity (Wildman–Crippen MR) is 120 cm³/mol. The average Bonchev–Trinajstić information content (AvgIpc) is 3.04. The van der Waals surface area contributed by atoms with Crippen molar-refractivity contribution in [3.8, 4) is 0 Å². The van der Waals surface area contributed by atoms with Crippen LogP contribution in [0.5, 0.6) is 0 Å². The van der Waals surface area contributed by atoms with E-state index in [2.05, 4.69) is 39.4 Å². The lowest BCUT2D eigenvalue weighted by atomic mass is 10.1. The second-order valence-electron chi connectivity index (χ2n) is 7.79. The molecule has 1 aliphatic rings. The minimum atomic E-state index is -0.530. The molecule has 0 bridgehead atoms. The molecule has 6 heteroatoms. The van der Waals surface area contributed by atoms with E-state index in [1.807, 2.05) is 48.9 Å². The summed E-state index contributed by atoms with van der Waals surface area (Å²) in [5, 5.41) is 3.65. The molecule has 1 N–H and O–H groups in total. The Balaban J connectivity index is 1.30. The van der Waals surface area contributed by atoms with Gasteiger partial charge in [-0.05, 0) is 25.1 Å². The maximum absolute atomic E-state index is 12.8. The van der Waals surface area contributed by atoms with E-state index in [1.165, 1.54) is 5.69 Å². The molecule has 2 heterocycles. The fourth-order valence-electron chi connectivity index (χ4n) is 4.20. The minimum Gasteiger partial charge on any atom is -0.369 e. The molecule has 1 saturated heterocycles. The number of benzene rings is 2. The van der Waals surface area contributed by atoms with E-state index in [0.717, 1.165) is 49.3 Å². The third kappa shape index (κ3) is 3.96. The smallest absolute Gasteiger partial charge is 0.292 e. The number of para-hydroxylation sites is 2. The normalized spacial score (nSPS) is 14.8. The number of Topliss-reactive ketones (excluding diaryl/α,β-unsaturated/α-hetero) is 1. The first kappa shape index (κ1) is 20.2. The van der Waals surface area contributed by atoms with Crippen molar-refractivity contribution in [1.82, 2.24) is 14.8 Å². The Kier molecular flexibility index (Phi) is 5.86. The first-order valence-electron chi connectivity index (χ1n) is 10.4. The maximum Gasteiger partial charge on any atom is 0.292 e. The number of nitrogens with one attached hydrogen (secondary N) is 1. The lowest BCUT2D eigenvalue weighted by molar-refractivity contribution is -0.117. The molecule has 2 aromatic carbocycles. The number of ketones is 1. The van der Waals surface area contributed by atoms with E-state index >= 15 is 0 Å². The van der Waals surface area contributed by atoms with Crippen LogP contribution >= 0.6 is 0 Å². The second kappa shape index (κ2) is 8.71. The highest BCUT2D eigenvalue weighted by Gasteiger charge is 2.24. The van der Waals surface area contributed by atoms with Crippen molar-refractivity contribution < 1.29 is 9.59 Å². The zero-order valence-corrected chi connectivity index (χ0v) is 17.6. The number of carbonyl (C=O) groups excluding carboxylic acids is 2. The summed E-state index contributed by atoms with van der Waals surface area (Å²) in [7, 11) is 1.92. The van der Waals surface area contributed by atoms with Gasteiger partial charge < -0.3 is 14.8 Å². The molecule has 0 atom stereocenters. The highest BCUT2D eigenvalue weighted by Crippen LogP contribution is 2.25. The molecule has 156 valence electrons. The van der Waals surface area contributed by atoms with Gasteiger partial charge in [0.1, 0.15) is 0 Å². The predicted octanol–water partition coefficient (Wildman–Crippen LogP) is 2.61. The van der Waals surface area contributed by atoms with Crippen molar-refractivity contribution in [3.05, 3.63) is 65.9 Å². The van der Waals surface area contributed by atoms with E-state index in [4.69, 9.17) is 0 Å². The molecular formula is C24H28N4O2. The zero-order valence-electron chi connectivity index (χ0n) is 17.6. The summed E-state index contributed by atoms with van der Waals surface area (Å²) in [5.74, 6) is -0.990. The van der Waals surface area contributed by atoms with Gasteiger partial charge in [-0.15, -0.1) is 0 Å². The van der Waals surface area contributed by atoms with Crippen LogP contribution in [0.4, 0.5) is 5.69 Å². The number of piperazine rings is 1. The lowest BCUT2D eigenvalue weighted by Crippen LogP contribution is -2.48. The summed E-state index contributed by atoms with van der Waals surface area (Å²) in [6.07, 6.45) is 0. The summed E-state index contributed by atoms with van der Waals surface area (Å²) >= 11 is 0. The molecule has 30 heavy (non-hydrogen) atoms. The number of hydrogen-bond donors (Lipinski definition) is 1. The number of aromatic nitrogens is 1. The van der Waals surface area contributed by atoms with Crippen molar-refractivity contribution >= 4 is 28.3 Å². The van der Waals surface area contributed by atoms with Crippen molar-refractivity contribution in [1.29, 1.82) is 0 Å². The van der Waals surface area contributed by atoms with E-state index in [-0.39, 0.29) is 0 Å². The fourth-order valence-corrected chi connectivity index (χ4v) is 4.20. The Bertz CT molecular complexity index is 1050. The summed E-state index contributed by atoms with van der Waals surface area (Å²) < 4.78 is 1.96. The van der Waals surface area contributed by atoms with Gasteiger partial charge in [-0.3, -0.25) is 14.5 Å². The van der Waals surface area contributed by atoms with Crippen LogP contribution < -0.4 is 10.2 Å². The van der Waals surface area contributed by atoms with E-state index in [1.54, 1.807) is 0 Å². The van der Waals surface area contributed by atoms with Crippen molar-refractivity contribution in [2.75, 3.05) is 44.2 Å². The average molecular weight is 405 g/mol. The highest BCUT2D eigenvalue weighted by atomic mass is 16.2. The molecule has 3 aromatic rings. The molecule has 0 unspecified atom stereocenters. The molecule has 1 amide bonds. The van der Waals surface area contributed by atoms with Crippen molar-refractivity contribution in [2.24, 2.45) is 7.05 Å². The van der Waals surface area contributed by atoms with Crippen molar-refractivity contribution in [3.63, 3.8) is 0 Å². The van der Waals surface area contributed by atoms with Gasteiger partial charge in [0.25, 0.3) is 11.7 Å². The van der Waals surface area contributed by atoms with Crippen molar-refractivity contribution in [2.45, 2.75) is 6.92 Å². The van der Waals surface area contributed by atoms with Gasteiger partial charge in [0.2, 0.25) is 0 Å². The van der Waals surface area contributed by atoms with Crippen LogP contribution in [0.3, 0.4) is 0 Å². The van der Waals surface area contributed by atoms with Gasteiger partial charge in [0.05, 0.1) is 5.56 Å². The van der Waals surface area contributed by atoms with Gasteiger partial charge in [-0.1, -0.05) is 36.4 Å². The van der Waals surface area contributed by atoms with Crippen LogP contribution in [0.2, 0.25) is 0 Å². The Morgan fingerprint density at radius 3 is 2.33 bits per heavy atom. The zero-order chi connectivity index (χ0) is 21.1. The van der Waals surface area contributed by atoms with Crippen LogP contribution in [-0.4, -0.2) is 60.4 Å². The summed E-state index contributed by atoms with van der Waals surface area (Å²) in [5.41, 5.74) is 3.53. The summed E-state index contributed by atoms with van der Waals surface area (Å²) in [6.45, 7) is 6.92. The Hall–Kier alpha value is -3.12. The van der Waals surface area contributed by atoms with Gasteiger partial charge in [0, 0.05) is 68.6 Å². The quantitative estimate of drug-likeness (QED) is 0.507. The SMILES string of the molecule is Cc1c(C(=O)C(=O)NCCN2CCN(c3ccccc3)CC2)c2ccccc2n1C. The number of anilines is 1. The van der Waals surface area contributed by atoms with Gasteiger partial charge in [-0.2, -0.15) is 0 Å². The third-order valence-electron chi connectivity index (χ3n) is 6.04. The summed E-state index contributed by atoms with van der Waals surface area (Å²) in [4.78, 5) is 30.1. The molecule has 4 rings (SSSR count). The second-order valence-corrected chi connectivity index (χ2v) is 7.79. The number of fused-ring (bicyclic) bond motifs is 1. The topological polar surface area (TPSA) is 57.6 Å². The Morgan fingerprint density at radius 2 is 1.60 bits per heavy atom. The molecule has 1 aromatic heterocycles. The molecule has 1 aliphatic heterocycles. The number of aryl methyl sites for hydroxylation is 1. The van der Waals surface area contributed by atoms with Gasteiger partial charge in [-0.25, -0.2) is 0 Å². The van der Waals surface area contributed by atoms with E-state index in [0.29, 0.717) is 12.1 Å². The molecule has 6 nitrogen and oxygen atoms in total. The maximum atomic E-state index is 12.8. The molecule has 0 radical (unpaired) electrons. The van der Waals surface area contributed by atoms with Gasteiger partial charge >= 0.3 is 0 Å². The number of hydrogen-bond acceptors (Lipinski definition) is 4. The van der Waals surface area contributed by atoms with Crippen LogP contribution in [-0.2, 0) is 11.8 Å². The molecule has 0 aliphatic carbocycles. The molecule has 1 fully saturated rings. The lowest BCUT2D eigenvalue weighted by Gasteiger charge is -2.36. The Labute approximate surface area is 177 Å². The molecule has 0 spiro atoms. The number of amides is 1. The number of nitrogens with zero attached hydrogens (tertiary/aromatic N) is 3. The van der Waals surface area contributed by atoms with E-state index in [9.17, 15) is 9.59 Å². The minimum absolute atomic E-state index is 0.460. The standard InChI is InChI=1S/C24H28N4O2/c1-18-22(20-10-6-7-11-21(20)26(18)2)23(29)24(30)25-12-13-27-14-16-28(17-15-27)19-8-4-3-5-9-19/h3-11H,12-17H2,1-2H3,(H,25,30). The third-order valence-corrected chi connectivity index (χ3v) is 6.04. The van der Waals surface area contributed by atoms with Crippen LogP contribution in [0.1, 0.15) is 16.1 Å². The van der Waals surface area contributed by atoms with E-state index < -0.39 is 11.7 Å². The first-order valence-corrected chi connectivity index (χ1v) is 10.4. The van der Waals surface area contributed by atoms with Crippen LogP contribution in [0, 0.1) is 6.92 Å². The summed E-state index contributed by atoms with van der Waals surface area (Å²) in [6, 6.07) is 18.1. The molecule has 0 saturated carbocycles. The largest absolute Gasteiger partial charge is 0.369 e.